The fraction of sp³-hybridized carbons (Fsp3) is 0.286. The lowest BCUT2D eigenvalue weighted by molar-refractivity contribution is 0.199. The molecule has 3 N–H and O–H groups in total. The van der Waals surface area contributed by atoms with Crippen molar-refractivity contribution in [2.45, 2.75) is 13.0 Å². The van der Waals surface area contributed by atoms with E-state index in [0.717, 1.165) is 10.0 Å². The van der Waals surface area contributed by atoms with Gasteiger partial charge in [-0.2, -0.15) is 0 Å². The zero-order chi connectivity index (χ0) is 8.43. The van der Waals surface area contributed by atoms with Crippen LogP contribution in [0.3, 0.4) is 0 Å². The molecular weight excluding hydrogens is 208 g/mol. The van der Waals surface area contributed by atoms with E-state index in [1.807, 2.05) is 0 Å². The minimum absolute atomic E-state index is 0.439. The summed E-state index contributed by atoms with van der Waals surface area (Å²) in [7, 11) is 0. The lowest BCUT2D eigenvalue weighted by Crippen LogP contribution is -1.96. The molecule has 0 aliphatic heterocycles. The van der Waals surface area contributed by atoms with Gasteiger partial charge in [-0.05, 0) is 34.5 Å². The number of aromatic nitrogens is 1. The SMILES string of the molecule is CC(O)c1cnc(N)c(Br)c1. The Morgan fingerprint density at radius 1 is 1.73 bits per heavy atom. The Balaban J connectivity index is 3.05. The Bertz CT molecular complexity index is 263. The molecule has 1 heterocycles. The van der Waals surface area contributed by atoms with Gasteiger partial charge in [-0.15, -0.1) is 0 Å². The number of aliphatic hydroxyl groups excluding tert-OH is 1. The van der Waals surface area contributed by atoms with Crippen molar-refractivity contribution < 1.29 is 5.11 Å². The molecule has 4 heteroatoms. The predicted molar refractivity (Wildman–Crippen MR) is 47.0 cm³/mol. The van der Waals surface area contributed by atoms with Gasteiger partial charge < -0.3 is 10.8 Å². The molecule has 0 aromatic carbocycles. The van der Waals surface area contributed by atoms with Crippen LogP contribution in [0, 0.1) is 0 Å². The lowest BCUT2D eigenvalue weighted by Gasteiger charge is -2.04. The molecule has 0 fully saturated rings. The molecule has 0 bridgehead atoms. The zero-order valence-corrected chi connectivity index (χ0v) is 7.67. The van der Waals surface area contributed by atoms with E-state index in [1.165, 1.54) is 0 Å². The second-order valence-corrected chi connectivity index (χ2v) is 3.17. The van der Waals surface area contributed by atoms with Crippen LogP contribution in [-0.2, 0) is 0 Å². The maximum absolute atomic E-state index is 9.14. The topological polar surface area (TPSA) is 59.1 Å². The van der Waals surface area contributed by atoms with Crippen molar-refractivity contribution >= 4 is 21.7 Å². The van der Waals surface area contributed by atoms with E-state index in [-0.39, 0.29) is 0 Å². The number of hydrogen-bond acceptors (Lipinski definition) is 3. The Kier molecular flexibility index (Phi) is 2.46. The summed E-state index contributed by atoms with van der Waals surface area (Å²) in [5.74, 6) is 0.439. The summed E-state index contributed by atoms with van der Waals surface area (Å²) in [6.07, 6.45) is 1.06. The van der Waals surface area contributed by atoms with Crippen LogP contribution in [0.2, 0.25) is 0 Å². The molecule has 0 saturated carbocycles. The summed E-state index contributed by atoms with van der Waals surface area (Å²) in [5, 5.41) is 9.14. The van der Waals surface area contributed by atoms with Gasteiger partial charge in [0.1, 0.15) is 5.82 Å². The number of pyridine rings is 1. The van der Waals surface area contributed by atoms with Crippen molar-refractivity contribution in [1.29, 1.82) is 0 Å². The number of nitrogens with zero attached hydrogens (tertiary/aromatic N) is 1. The van der Waals surface area contributed by atoms with Crippen LogP contribution in [0.1, 0.15) is 18.6 Å². The minimum atomic E-state index is -0.501. The van der Waals surface area contributed by atoms with Crippen LogP contribution < -0.4 is 5.73 Å². The third-order valence-corrected chi connectivity index (χ3v) is 2.01. The Morgan fingerprint density at radius 3 is 2.82 bits per heavy atom. The van der Waals surface area contributed by atoms with Crippen LogP contribution in [0.5, 0.6) is 0 Å². The van der Waals surface area contributed by atoms with Gasteiger partial charge in [-0.3, -0.25) is 0 Å². The van der Waals surface area contributed by atoms with Gasteiger partial charge in [0.05, 0.1) is 10.6 Å². The molecule has 1 aromatic rings. The fourth-order valence-electron chi connectivity index (χ4n) is 0.692. The molecule has 0 aliphatic carbocycles. The van der Waals surface area contributed by atoms with Gasteiger partial charge in [-0.25, -0.2) is 4.98 Å². The van der Waals surface area contributed by atoms with Crippen LogP contribution in [-0.4, -0.2) is 10.1 Å². The normalized spacial score (nSPS) is 13.0. The highest BCUT2D eigenvalue weighted by molar-refractivity contribution is 9.10. The standard InChI is InChI=1S/C7H9BrN2O/c1-4(11)5-2-6(8)7(9)10-3-5/h2-4,11H,1H3,(H2,9,10). The monoisotopic (exact) mass is 216 g/mol. The third kappa shape index (κ3) is 1.91. The molecule has 0 saturated heterocycles. The predicted octanol–water partition coefficient (Wildman–Crippen LogP) is 1.48. The first-order chi connectivity index (χ1) is 5.11. The molecular formula is C7H9BrN2O. The molecule has 1 unspecified atom stereocenters. The van der Waals surface area contributed by atoms with E-state index in [0.29, 0.717) is 5.82 Å². The average molecular weight is 217 g/mol. The maximum Gasteiger partial charge on any atom is 0.137 e. The van der Waals surface area contributed by atoms with Crippen LogP contribution >= 0.6 is 15.9 Å². The van der Waals surface area contributed by atoms with Crippen molar-refractivity contribution in [1.82, 2.24) is 4.98 Å². The van der Waals surface area contributed by atoms with E-state index in [2.05, 4.69) is 20.9 Å². The van der Waals surface area contributed by atoms with Gasteiger partial charge in [0.15, 0.2) is 0 Å². The highest BCUT2D eigenvalue weighted by Gasteiger charge is 2.03. The molecule has 1 atom stereocenters. The molecule has 3 nitrogen and oxygen atoms in total. The lowest BCUT2D eigenvalue weighted by atomic mass is 10.2. The summed E-state index contributed by atoms with van der Waals surface area (Å²) < 4.78 is 0.718. The summed E-state index contributed by atoms with van der Waals surface area (Å²) in [4.78, 5) is 3.87. The van der Waals surface area contributed by atoms with Crippen LogP contribution in [0.4, 0.5) is 5.82 Å². The molecule has 0 radical (unpaired) electrons. The summed E-state index contributed by atoms with van der Waals surface area (Å²) in [6.45, 7) is 1.68. The van der Waals surface area contributed by atoms with E-state index < -0.39 is 6.10 Å². The average Bonchev–Trinajstić information content (AvgIpc) is 1.94. The first-order valence-corrected chi connectivity index (χ1v) is 3.99. The van der Waals surface area contributed by atoms with Crippen molar-refractivity contribution in [2.24, 2.45) is 0 Å². The van der Waals surface area contributed by atoms with Crippen molar-refractivity contribution in [3.63, 3.8) is 0 Å². The second-order valence-electron chi connectivity index (χ2n) is 2.31. The third-order valence-electron chi connectivity index (χ3n) is 1.37. The number of rotatable bonds is 1. The first-order valence-electron chi connectivity index (χ1n) is 3.20. The smallest absolute Gasteiger partial charge is 0.137 e. The van der Waals surface area contributed by atoms with Crippen molar-refractivity contribution in [3.05, 3.63) is 22.3 Å². The molecule has 1 rings (SSSR count). The summed E-state index contributed by atoms with van der Waals surface area (Å²) in [5.41, 5.74) is 6.20. The Hall–Kier alpha value is -0.610. The van der Waals surface area contributed by atoms with E-state index in [9.17, 15) is 0 Å². The summed E-state index contributed by atoms with van der Waals surface area (Å²) in [6, 6.07) is 1.76. The van der Waals surface area contributed by atoms with E-state index in [1.54, 1.807) is 19.2 Å². The molecule has 60 valence electrons. The second kappa shape index (κ2) is 3.19. The molecule has 1 aromatic heterocycles. The summed E-state index contributed by atoms with van der Waals surface area (Å²) >= 11 is 3.22. The van der Waals surface area contributed by atoms with Gasteiger partial charge in [0.2, 0.25) is 0 Å². The molecule has 11 heavy (non-hydrogen) atoms. The van der Waals surface area contributed by atoms with Gasteiger partial charge in [0, 0.05) is 6.20 Å². The number of nitrogen functional groups attached to an aromatic ring is 1. The van der Waals surface area contributed by atoms with Crippen molar-refractivity contribution in [2.75, 3.05) is 5.73 Å². The fourth-order valence-corrected chi connectivity index (χ4v) is 1.06. The number of anilines is 1. The van der Waals surface area contributed by atoms with Crippen LogP contribution in [0.25, 0.3) is 0 Å². The van der Waals surface area contributed by atoms with Gasteiger partial charge in [-0.1, -0.05) is 0 Å². The Morgan fingerprint density at radius 2 is 2.36 bits per heavy atom. The molecule has 0 amide bonds. The largest absolute Gasteiger partial charge is 0.389 e. The van der Waals surface area contributed by atoms with E-state index >= 15 is 0 Å². The Labute approximate surface area is 73.4 Å². The number of aliphatic hydroxyl groups is 1. The molecule has 0 aliphatic rings. The quantitative estimate of drug-likeness (QED) is 0.748. The minimum Gasteiger partial charge on any atom is -0.389 e. The highest BCUT2D eigenvalue weighted by atomic mass is 79.9. The van der Waals surface area contributed by atoms with Crippen molar-refractivity contribution in [3.8, 4) is 0 Å². The first kappa shape index (κ1) is 8.49. The molecule has 0 spiro atoms. The zero-order valence-electron chi connectivity index (χ0n) is 6.08. The maximum atomic E-state index is 9.14. The van der Waals surface area contributed by atoms with Gasteiger partial charge in [0.25, 0.3) is 0 Å². The van der Waals surface area contributed by atoms with E-state index in [4.69, 9.17) is 10.8 Å². The number of halogens is 1. The number of hydrogen-bond donors (Lipinski definition) is 2. The highest BCUT2D eigenvalue weighted by Crippen LogP contribution is 2.20. The number of nitrogens with two attached hydrogens (primary N) is 1. The van der Waals surface area contributed by atoms with Gasteiger partial charge >= 0.3 is 0 Å². The van der Waals surface area contributed by atoms with Crippen LogP contribution in [0.15, 0.2) is 16.7 Å².